The van der Waals surface area contributed by atoms with E-state index >= 15 is 0 Å². The highest BCUT2D eigenvalue weighted by Gasteiger charge is 2.38. The fraction of sp³-hybridized carbons (Fsp3) is 1.00. The van der Waals surface area contributed by atoms with E-state index in [0.29, 0.717) is 0 Å². The summed E-state index contributed by atoms with van der Waals surface area (Å²) < 4.78 is 5.63. The van der Waals surface area contributed by atoms with Crippen molar-refractivity contribution in [2.75, 3.05) is 32.8 Å². The maximum Gasteiger partial charge on any atom is 0.0662 e. The average molecular weight is 212 g/mol. The first-order valence-corrected chi connectivity index (χ1v) is 6.30. The quantitative estimate of drug-likeness (QED) is 0.748. The van der Waals surface area contributed by atoms with Gasteiger partial charge in [0, 0.05) is 13.2 Å². The first-order valence-electron chi connectivity index (χ1n) is 6.30. The van der Waals surface area contributed by atoms with Crippen LogP contribution in [0.1, 0.15) is 32.6 Å². The molecule has 15 heavy (non-hydrogen) atoms. The Morgan fingerprint density at radius 2 is 2.13 bits per heavy atom. The number of hydrogen-bond donors (Lipinski definition) is 1. The molecule has 3 nitrogen and oxygen atoms in total. The molecule has 2 aliphatic heterocycles. The summed E-state index contributed by atoms with van der Waals surface area (Å²) >= 11 is 0. The highest BCUT2D eigenvalue weighted by Crippen LogP contribution is 2.29. The minimum absolute atomic E-state index is 0.165. The molecule has 0 saturated carbocycles. The van der Waals surface area contributed by atoms with Crippen LogP contribution >= 0.6 is 0 Å². The van der Waals surface area contributed by atoms with Crippen molar-refractivity contribution in [1.29, 1.82) is 0 Å². The van der Waals surface area contributed by atoms with Crippen LogP contribution in [-0.2, 0) is 4.74 Å². The molecule has 0 aromatic heterocycles. The van der Waals surface area contributed by atoms with Crippen LogP contribution in [0.15, 0.2) is 0 Å². The Balaban J connectivity index is 1.98. The fourth-order valence-electron chi connectivity index (χ4n) is 2.86. The summed E-state index contributed by atoms with van der Waals surface area (Å²) in [5, 5.41) is 0. The lowest BCUT2D eigenvalue weighted by atomic mass is 9.87. The first kappa shape index (κ1) is 11.4. The SMILES string of the molecule is CC1CCN(C2(CN)CCCOC2)CC1. The van der Waals surface area contributed by atoms with E-state index in [2.05, 4.69) is 11.8 Å². The van der Waals surface area contributed by atoms with Gasteiger partial charge in [-0.15, -0.1) is 0 Å². The predicted molar refractivity (Wildman–Crippen MR) is 61.8 cm³/mol. The van der Waals surface area contributed by atoms with Crippen molar-refractivity contribution in [3.63, 3.8) is 0 Å². The van der Waals surface area contributed by atoms with Crippen LogP contribution in [0.2, 0.25) is 0 Å². The second kappa shape index (κ2) is 4.81. The molecule has 0 amide bonds. The van der Waals surface area contributed by atoms with Gasteiger partial charge in [0.15, 0.2) is 0 Å². The zero-order valence-electron chi connectivity index (χ0n) is 9.87. The molecule has 0 spiro atoms. The summed E-state index contributed by atoms with van der Waals surface area (Å²) in [6.07, 6.45) is 5.03. The van der Waals surface area contributed by atoms with E-state index < -0.39 is 0 Å². The Morgan fingerprint density at radius 1 is 1.40 bits per heavy atom. The molecule has 0 aromatic rings. The number of nitrogens with two attached hydrogens (primary N) is 1. The molecule has 2 aliphatic rings. The van der Waals surface area contributed by atoms with E-state index in [0.717, 1.165) is 25.7 Å². The van der Waals surface area contributed by atoms with Crippen LogP contribution in [0.25, 0.3) is 0 Å². The Kier molecular flexibility index (Phi) is 3.65. The van der Waals surface area contributed by atoms with Gasteiger partial charge < -0.3 is 10.5 Å². The third kappa shape index (κ3) is 2.35. The van der Waals surface area contributed by atoms with E-state index in [1.807, 2.05) is 0 Å². The molecule has 0 aromatic carbocycles. The molecule has 2 rings (SSSR count). The van der Waals surface area contributed by atoms with Crippen molar-refractivity contribution in [2.45, 2.75) is 38.1 Å². The number of rotatable bonds is 2. The highest BCUT2D eigenvalue weighted by atomic mass is 16.5. The lowest BCUT2D eigenvalue weighted by Gasteiger charge is -2.48. The Labute approximate surface area is 93.0 Å². The van der Waals surface area contributed by atoms with Crippen LogP contribution in [0.3, 0.4) is 0 Å². The van der Waals surface area contributed by atoms with Gasteiger partial charge in [-0.2, -0.15) is 0 Å². The van der Waals surface area contributed by atoms with Crippen LogP contribution < -0.4 is 5.73 Å². The molecule has 88 valence electrons. The lowest BCUT2D eigenvalue weighted by molar-refractivity contribution is -0.0559. The Morgan fingerprint density at radius 3 is 2.67 bits per heavy atom. The van der Waals surface area contributed by atoms with Gasteiger partial charge in [0.05, 0.1) is 12.1 Å². The monoisotopic (exact) mass is 212 g/mol. The van der Waals surface area contributed by atoms with Gasteiger partial charge in [0.25, 0.3) is 0 Å². The third-order valence-corrected chi connectivity index (χ3v) is 4.14. The molecule has 1 unspecified atom stereocenters. The van der Waals surface area contributed by atoms with Gasteiger partial charge in [-0.05, 0) is 44.7 Å². The molecule has 2 saturated heterocycles. The van der Waals surface area contributed by atoms with Gasteiger partial charge in [-0.3, -0.25) is 4.90 Å². The normalized spacial score (nSPS) is 35.6. The van der Waals surface area contributed by atoms with Gasteiger partial charge in [-0.1, -0.05) is 6.92 Å². The summed E-state index contributed by atoms with van der Waals surface area (Å²) in [5.74, 6) is 0.889. The van der Waals surface area contributed by atoms with Crippen molar-refractivity contribution in [3.8, 4) is 0 Å². The summed E-state index contributed by atoms with van der Waals surface area (Å²) in [4.78, 5) is 2.59. The van der Waals surface area contributed by atoms with Gasteiger partial charge >= 0.3 is 0 Å². The van der Waals surface area contributed by atoms with Crippen molar-refractivity contribution >= 4 is 0 Å². The maximum absolute atomic E-state index is 5.98. The molecule has 2 fully saturated rings. The zero-order chi connectivity index (χ0) is 10.7. The standard InChI is InChI=1S/C12H24N2O/c1-11-3-6-14(7-4-11)12(9-13)5-2-8-15-10-12/h11H,2-10,13H2,1H3. The summed E-state index contributed by atoms with van der Waals surface area (Å²) in [7, 11) is 0. The Bertz CT molecular complexity index is 194. The second-order valence-corrected chi connectivity index (χ2v) is 5.25. The molecule has 1 atom stereocenters. The highest BCUT2D eigenvalue weighted by molar-refractivity contribution is 4.95. The molecular formula is C12H24N2O. The van der Waals surface area contributed by atoms with Gasteiger partial charge in [-0.25, -0.2) is 0 Å². The molecular weight excluding hydrogens is 188 g/mol. The van der Waals surface area contributed by atoms with E-state index in [9.17, 15) is 0 Å². The zero-order valence-corrected chi connectivity index (χ0v) is 9.87. The maximum atomic E-state index is 5.98. The van der Waals surface area contributed by atoms with Crippen LogP contribution in [-0.4, -0.2) is 43.3 Å². The molecule has 3 heteroatoms. The second-order valence-electron chi connectivity index (χ2n) is 5.25. The topological polar surface area (TPSA) is 38.5 Å². The number of hydrogen-bond acceptors (Lipinski definition) is 3. The average Bonchev–Trinajstić information content (AvgIpc) is 2.31. The van der Waals surface area contributed by atoms with E-state index in [1.165, 1.54) is 38.8 Å². The molecule has 0 radical (unpaired) electrons. The molecule has 2 heterocycles. The van der Waals surface area contributed by atoms with Crippen molar-refractivity contribution in [1.82, 2.24) is 4.90 Å². The molecule has 0 aliphatic carbocycles. The van der Waals surface area contributed by atoms with E-state index in [-0.39, 0.29) is 5.54 Å². The number of likely N-dealkylation sites (tertiary alicyclic amines) is 1. The minimum Gasteiger partial charge on any atom is -0.379 e. The van der Waals surface area contributed by atoms with E-state index in [4.69, 9.17) is 10.5 Å². The van der Waals surface area contributed by atoms with Crippen LogP contribution in [0.4, 0.5) is 0 Å². The van der Waals surface area contributed by atoms with Gasteiger partial charge in [0.2, 0.25) is 0 Å². The number of nitrogens with zero attached hydrogens (tertiary/aromatic N) is 1. The predicted octanol–water partition coefficient (Wildman–Crippen LogP) is 1.23. The molecule has 2 N–H and O–H groups in total. The first-order chi connectivity index (χ1) is 7.27. The van der Waals surface area contributed by atoms with Crippen LogP contribution in [0, 0.1) is 5.92 Å². The fourth-order valence-corrected chi connectivity index (χ4v) is 2.86. The third-order valence-electron chi connectivity index (χ3n) is 4.14. The smallest absolute Gasteiger partial charge is 0.0662 e. The number of ether oxygens (including phenoxy) is 1. The van der Waals surface area contributed by atoms with E-state index in [1.54, 1.807) is 0 Å². The molecule has 0 bridgehead atoms. The van der Waals surface area contributed by atoms with Gasteiger partial charge in [0.1, 0.15) is 0 Å². The lowest BCUT2D eigenvalue weighted by Crippen LogP contribution is -2.60. The van der Waals surface area contributed by atoms with Crippen molar-refractivity contribution < 1.29 is 4.74 Å². The minimum atomic E-state index is 0.165. The summed E-state index contributed by atoms with van der Waals surface area (Å²) in [6, 6.07) is 0. The van der Waals surface area contributed by atoms with Crippen molar-refractivity contribution in [2.24, 2.45) is 11.7 Å². The van der Waals surface area contributed by atoms with Crippen molar-refractivity contribution in [3.05, 3.63) is 0 Å². The summed E-state index contributed by atoms with van der Waals surface area (Å²) in [6.45, 7) is 7.29. The Hall–Kier alpha value is -0.120. The summed E-state index contributed by atoms with van der Waals surface area (Å²) in [5.41, 5.74) is 6.15. The number of piperidine rings is 1. The largest absolute Gasteiger partial charge is 0.379 e. The van der Waals surface area contributed by atoms with Crippen LogP contribution in [0.5, 0.6) is 0 Å².